The van der Waals surface area contributed by atoms with Crippen molar-refractivity contribution in [2.45, 2.75) is 103 Å². The van der Waals surface area contributed by atoms with Crippen LogP contribution in [0.25, 0.3) is 70.7 Å². The van der Waals surface area contributed by atoms with E-state index in [2.05, 4.69) is 198 Å². The van der Waals surface area contributed by atoms with Crippen LogP contribution >= 0.6 is 11.3 Å². The molecule has 3 nitrogen and oxygen atoms in total. The largest absolute Gasteiger partial charge is 0 e. The molecule has 0 fully saturated rings. The Bertz CT molecular complexity index is 3160. The van der Waals surface area contributed by atoms with Gasteiger partial charge in [0.1, 0.15) is 0 Å². The Labute approximate surface area is 411 Å². The molecule has 0 aliphatic rings. The van der Waals surface area contributed by atoms with Crippen LogP contribution < -0.4 is 4.40 Å². The van der Waals surface area contributed by atoms with Gasteiger partial charge in [-0.2, -0.15) is 11.3 Å². The average Bonchev–Trinajstić information content (AvgIpc) is 3.87. The molecule has 0 aliphatic heterocycles. The molecule has 335 valence electrons. The van der Waals surface area contributed by atoms with Crippen LogP contribution in [0.5, 0.6) is 0 Å². The number of rotatable bonds is 9. The molecule has 1 radical (unpaired) electrons. The van der Waals surface area contributed by atoms with Gasteiger partial charge < -0.3 is 4.57 Å². The number of benzene rings is 6. The molecule has 0 saturated carbocycles. The third kappa shape index (κ3) is 10.2. The van der Waals surface area contributed by atoms with E-state index >= 15 is 0 Å². The smallest absolute Gasteiger partial charge is 0 e. The molecular formula is C59H63GeIrN3S-2. The molecule has 0 spiro atoms. The summed E-state index contributed by atoms with van der Waals surface area (Å²) < 4.78 is 23.5. The maximum atomic E-state index is 8.70. The molecule has 65 heavy (non-hydrogen) atoms. The van der Waals surface area contributed by atoms with Crippen molar-refractivity contribution in [1.29, 1.82) is 0 Å². The summed E-state index contributed by atoms with van der Waals surface area (Å²) in [6.07, 6.45) is 0.565. The van der Waals surface area contributed by atoms with E-state index in [1.165, 1.54) is 53.7 Å². The number of imidazole rings is 1. The van der Waals surface area contributed by atoms with Gasteiger partial charge in [0.25, 0.3) is 0 Å². The summed E-state index contributed by atoms with van der Waals surface area (Å²) in [7, 11) is 0. The van der Waals surface area contributed by atoms with Gasteiger partial charge in [0.2, 0.25) is 0 Å². The van der Waals surface area contributed by atoms with Crippen molar-refractivity contribution < 1.29 is 22.8 Å². The number of pyridine rings is 1. The van der Waals surface area contributed by atoms with Gasteiger partial charge in [0, 0.05) is 30.5 Å². The normalized spacial score (nSPS) is 12.7. The molecule has 9 aromatic rings. The van der Waals surface area contributed by atoms with Crippen molar-refractivity contribution in [2.24, 2.45) is 5.92 Å². The number of thiophene rings is 1. The minimum absolute atomic E-state index is 0. The SMILES string of the molecule is CC(C)c1cc(-c2ccccc2)cc(C(C)C)c1-n1c(-c2[c-]ccc3c2sc2ccccc23)nc2ccccc21.[2H]C([2H])(c1cc(-c2[c-]ccc(C(C)(C)C)c2)nc[c]1[Ge]([CH3])([CH3])[CH3])C(C)C.[Ir]. The number of aromatic nitrogens is 3. The molecule has 0 atom stereocenters. The first-order valence-corrected chi connectivity index (χ1v) is 31.0. The van der Waals surface area contributed by atoms with E-state index in [9.17, 15) is 0 Å². The van der Waals surface area contributed by atoms with Gasteiger partial charge in [-0.05, 0) is 74.5 Å². The van der Waals surface area contributed by atoms with Crippen LogP contribution in [0.4, 0.5) is 0 Å². The summed E-state index contributed by atoms with van der Waals surface area (Å²) in [4.78, 5) is 10.0. The van der Waals surface area contributed by atoms with Crippen molar-refractivity contribution in [2.75, 3.05) is 0 Å². The minimum atomic E-state index is -2.25. The zero-order valence-corrected chi connectivity index (χ0v) is 45.3. The number of hydrogen-bond acceptors (Lipinski definition) is 3. The average molecular weight is 1110 g/mol. The summed E-state index contributed by atoms with van der Waals surface area (Å²) >= 11 is -0.418. The van der Waals surface area contributed by atoms with Gasteiger partial charge in [-0.3, -0.25) is 4.98 Å². The number of fused-ring (bicyclic) bond motifs is 4. The fourth-order valence-corrected chi connectivity index (χ4v) is 12.7. The Morgan fingerprint density at radius 1 is 0.723 bits per heavy atom. The summed E-state index contributed by atoms with van der Waals surface area (Å²) in [6, 6.07) is 52.1. The van der Waals surface area contributed by atoms with Crippen LogP contribution in [0, 0.1) is 18.1 Å². The van der Waals surface area contributed by atoms with Gasteiger partial charge in [0.15, 0.2) is 0 Å². The maximum absolute atomic E-state index is 8.70. The van der Waals surface area contributed by atoms with Crippen LogP contribution in [0.15, 0.2) is 134 Å². The Hall–Kier alpha value is -4.65. The van der Waals surface area contributed by atoms with E-state index in [-0.39, 0.29) is 31.4 Å². The zero-order chi connectivity index (χ0) is 47.3. The fourth-order valence-electron chi connectivity index (χ4n) is 8.60. The van der Waals surface area contributed by atoms with Gasteiger partial charge >= 0.3 is 154 Å². The molecule has 6 heteroatoms. The zero-order valence-electron chi connectivity index (χ0n) is 42.0. The second-order valence-corrected chi connectivity index (χ2v) is 31.7. The summed E-state index contributed by atoms with van der Waals surface area (Å²) in [5.74, 6) is 8.40. The summed E-state index contributed by atoms with van der Waals surface area (Å²) in [6.45, 7) is 19.7. The van der Waals surface area contributed by atoms with Crippen LogP contribution in [0.2, 0.25) is 17.3 Å². The fraction of sp³-hybridized carbons (Fsp3) is 0.288. The van der Waals surface area contributed by atoms with Crippen molar-refractivity contribution >= 4 is 60.2 Å². The summed E-state index contributed by atoms with van der Waals surface area (Å²) in [5.41, 5.74) is 13.5. The third-order valence-electron chi connectivity index (χ3n) is 12.0. The third-order valence-corrected chi connectivity index (χ3v) is 17.4. The van der Waals surface area contributed by atoms with E-state index in [4.69, 9.17) is 12.7 Å². The van der Waals surface area contributed by atoms with Gasteiger partial charge in [0.05, 0.1) is 16.9 Å². The molecule has 3 heterocycles. The van der Waals surface area contributed by atoms with Crippen molar-refractivity contribution in [3.05, 3.63) is 168 Å². The predicted octanol–water partition coefficient (Wildman–Crippen LogP) is 16.4. The van der Waals surface area contributed by atoms with E-state index in [1.54, 1.807) is 0 Å². The Balaban J connectivity index is 0.000000216. The minimum Gasteiger partial charge on any atom is 0 e. The monoisotopic (exact) mass is 1110 g/mol. The Morgan fingerprint density at radius 2 is 1.37 bits per heavy atom. The first-order chi connectivity index (χ1) is 31.3. The Morgan fingerprint density at radius 3 is 2.03 bits per heavy atom. The van der Waals surface area contributed by atoms with Crippen molar-refractivity contribution in [3.8, 4) is 39.5 Å². The standard InChI is InChI=1S/C37H31N2S.C22H32GeN.Ir/c1-23(2)30-21-26(25-13-6-5-7-14-25)22-31(24(3)4)35(30)39-33-19-10-9-18-32(33)38-37(39)29-17-12-16-28-27-15-8-11-20-34(27)40-36(28)29;1-16(2)12-18-14-21(24-15-20(18)23(6,7)8)17-10-9-11-19(13-17)22(3,4)5;/h5-16,18-24H,1-4H3;9,11,13-16H,12H2,1-8H3;/q2*-1;/i;12D2;. The molecule has 3 aromatic heterocycles. The second kappa shape index (κ2) is 19.7. The van der Waals surface area contributed by atoms with Gasteiger partial charge in [-0.15, -0.1) is 18.2 Å². The molecule has 0 unspecified atom stereocenters. The van der Waals surface area contributed by atoms with Crippen LogP contribution in [-0.4, -0.2) is 27.8 Å². The van der Waals surface area contributed by atoms with E-state index < -0.39 is 19.6 Å². The first kappa shape index (κ1) is 45.5. The molecule has 6 aromatic carbocycles. The first-order valence-electron chi connectivity index (χ1n) is 23.8. The van der Waals surface area contributed by atoms with E-state index in [0.717, 1.165) is 43.6 Å². The molecule has 0 aliphatic carbocycles. The van der Waals surface area contributed by atoms with E-state index in [1.807, 2.05) is 43.5 Å². The maximum Gasteiger partial charge on any atom is 0 e. The van der Waals surface area contributed by atoms with Crippen molar-refractivity contribution in [1.82, 2.24) is 14.5 Å². The van der Waals surface area contributed by atoms with Crippen LogP contribution in [-0.2, 0) is 31.9 Å². The topological polar surface area (TPSA) is 30.7 Å². The molecular weight excluding hydrogens is 1050 g/mol. The molecule has 0 saturated heterocycles. The predicted molar refractivity (Wildman–Crippen MR) is 281 cm³/mol. The van der Waals surface area contributed by atoms with Gasteiger partial charge in [-0.1, -0.05) is 99.3 Å². The molecule has 0 amide bonds. The van der Waals surface area contributed by atoms with Crippen molar-refractivity contribution in [3.63, 3.8) is 0 Å². The Kier molecular flexibility index (Phi) is 13.8. The summed E-state index contributed by atoms with van der Waals surface area (Å²) in [5, 5.41) is 2.55. The van der Waals surface area contributed by atoms with Gasteiger partial charge in [-0.25, -0.2) is 0 Å². The van der Waals surface area contributed by atoms with Crippen LogP contribution in [0.3, 0.4) is 0 Å². The number of para-hydroxylation sites is 2. The second-order valence-electron chi connectivity index (χ2n) is 20.0. The number of hydrogen-bond donors (Lipinski definition) is 0. The quantitative estimate of drug-likeness (QED) is 0.107. The molecule has 0 bridgehead atoms. The molecule has 0 N–H and O–H groups in total. The number of nitrogens with zero attached hydrogens (tertiary/aromatic N) is 3. The van der Waals surface area contributed by atoms with Crippen LogP contribution in [0.1, 0.15) is 99.1 Å². The molecule has 9 rings (SSSR count). The van der Waals surface area contributed by atoms with E-state index in [0.29, 0.717) is 11.8 Å².